The van der Waals surface area contributed by atoms with Gasteiger partial charge < -0.3 is 15.2 Å². The average Bonchev–Trinajstić information content (AvgIpc) is 3.02. The second-order valence-corrected chi connectivity index (χ2v) is 5.10. The lowest BCUT2D eigenvalue weighted by atomic mass is 10.5. The van der Waals surface area contributed by atoms with Crippen molar-refractivity contribution in [1.82, 2.24) is 25.8 Å². The molecule has 2 aromatic rings. The molecule has 0 aromatic carbocycles. The van der Waals surface area contributed by atoms with Crippen molar-refractivity contribution < 1.29 is 4.52 Å². The van der Waals surface area contributed by atoms with Gasteiger partial charge >= 0.3 is 0 Å². The number of halogens is 1. The molecule has 0 aliphatic rings. The molecule has 0 aliphatic carbocycles. The molecule has 21 heavy (non-hydrogen) atoms. The normalized spacial score (nSPS) is 11.1. The predicted molar refractivity (Wildman–Crippen MR) is 93.0 cm³/mol. The summed E-state index contributed by atoms with van der Waals surface area (Å²) in [5.41, 5.74) is 1.04. The van der Waals surface area contributed by atoms with Gasteiger partial charge in [-0.15, -0.1) is 35.3 Å². The Hall–Kier alpha value is -1.23. The summed E-state index contributed by atoms with van der Waals surface area (Å²) in [5.74, 6) is 1.83. The van der Waals surface area contributed by atoms with Crippen molar-refractivity contribution in [3.05, 3.63) is 27.8 Å². The van der Waals surface area contributed by atoms with Crippen LogP contribution in [0, 0.1) is 13.8 Å². The van der Waals surface area contributed by atoms with E-state index in [-0.39, 0.29) is 24.0 Å². The summed E-state index contributed by atoms with van der Waals surface area (Å²) >= 11 is 1.63. The molecule has 0 amide bonds. The molecule has 2 heterocycles. The number of nitrogens with one attached hydrogen (secondary N) is 2. The van der Waals surface area contributed by atoms with Crippen molar-refractivity contribution in [2.45, 2.75) is 33.9 Å². The van der Waals surface area contributed by atoms with E-state index < -0.39 is 0 Å². The fourth-order valence-electron chi connectivity index (χ4n) is 1.54. The van der Waals surface area contributed by atoms with E-state index >= 15 is 0 Å². The van der Waals surface area contributed by atoms with Crippen LogP contribution in [0.4, 0.5) is 0 Å². The Labute approximate surface area is 144 Å². The predicted octanol–water partition coefficient (Wildman–Crippen LogP) is 2.02. The fraction of sp³-hybridized carbons (Fsp3) is 0.500. The van der Waals surface area contributed by atoms with E-state index in [0.29, 0.717) is 30.8 Å². The largest absolute Gasteiger partial charge is 0.357 e. The molecular formula is C12H19IN6OS. The van der Waals surface area contributed by atoms with Gasteiger partial charge in [0.25, 0.3) is 0 Å². The molecule has 0 atom stereocenters. The second-order valence-electron chi connectivity index (χ2n) is 4.16. The van der Waals surface area contributed by atoms with Crippen molar-refractivity contribution in [2.24, 2.45) is 4.99 Å². The minimum atomic E-state index is 0. The van der Waals surface area contributed by atoms with Crippen molar-refractivity contribution in [1.29, 1.82) is 0 Å². The second kappa shape index (κ2) is 8.93. The van der Waals surface area contributed by atoms with Crippen LogP contribution in [0.25, 0.3) is 0 Å². The third-order valence-corrected chi connectivity index (χ3v) is 3.33. The Kier molecular flexibility index (Phi) is 7.57. The van der Waals surface area contributed by atoms with E-state index in [9.17, 15) is 0 Å². The Bertz CT molecular complexity index is 582. The molecule has 2 aromatic heterocycles. The van der Waals surface area contributed by atoms with Gasteiger partial charge in [-0.3, -0.25) is 0 Å². The van der Waals surface area contributed by atoms with E-state index in [0.717, 1.165) is 17.2 Å². The first-order chi connectivity index (χ1) is 9.67. The fourth-order valence-corrected chi connectivity index (χ4v) is 2.25. The zero-order valence-electron chi connectivity index (χ0n) is 12.2. The molecule has 0 fully saturated rings. The highest BCUT2D eigenvalue weighted by atomic mass is 127. The smallest absolute Gasteiger partial charge is 0.223 e. The van der Waals surface area contributed by atoms with E-state index in [2.05, 4.69) is 30.8 Å². The van der Waals surface area contributed by atoms with Crippen LogP contribution in [-0.4, -0.2) is 27.6 Å². The quantitative estimate of drug-likeness (QED) is 0.436. The van der Waals surface area contributed by atoms with Gasteiger partial charge in [-0.25, -0.2) is 9.98 Å². The van der Waals surface area contributed by atoms with Gasteiger partial charge in [-0.2, -0.15) is 4.98 Å². The molecule has 2 rings (SSSR count). The molecule has 0 aliphatic heterocycles. The van der Waals surface area contributed by atoms with Gasteiger partial charge in [0, 0.05) is 24.5 Å². The molecule has 0 spiro atoms. The number of thiazole rings is 1. The molecule has 2 N–H and O–H groups in total. The van der Waals surface area contributed by atoms with Crippen molar-refractivity contribution in [2.75, 3.05) is 6.54 Å². The zero-order valence-corrected chi connectivity index (χ0v) is 15.4. The van der Waals surface area contributed by atoms with Gasteiger partial charge in [-0.05, 0) is 13.8 Å². The van der Waals surface area contributed by atoms with Crippen LogP contribution in [0.15, 0.2) is 14.9 Å². The summed E-state index contributed by atoms with van der Waals surface area (Å²) in [6.07, 6.45) is 0. The molecule has 7 nitrogen and oxygen atoms in total. The van der Waals surface area contributed by atoms with Gasteiger partial charge in [0.1, 0.15) is 11.6 Å². The van der Waals surface area contributed by atoms with Gasteiger partial charge in [0.15, 0.2) is 11.8 Å². The van der Waals surface area contributed by atoms with Crippen LogP contribution in [0.1, 0.15) is 29.3 Å². The lowest BCUT2D eigenvalue weighted by Gasteiger charge is -2.09. The number of nitrogens with zero attached hydrogens (tertiary/aromatic N) is 4. The van der Waals surface area contributed by atoms with E-state index in [1.807, 2.05) is 19.2 Å². The maximum atomic E-state index is 4.91. The first-order valence-electron chi connectivity index (χ1n) is 6.39. The number of aromatic nitrogens is 3. The summed E-state index contributed by atoms with van der Waals surface area (Å²) < 4.78 is 4.91. The van der Waals surface area contributed by atoms with Crippen LogP contribution < -0.4 is 10.6 Å². The number of hydrogen-bond donors (Lipinski definition) is 2. The highest BCUT2D eigenvalue weighted by molar-refractivity contribution is 14.0. The molecule has 0 unspecified atom stereocenters. The number of aryl methyl sites for hydroxylation is 2. The van der Waals surface area contributed by atoms with Gasteiger partial charge in [-0.1, -0.05) is 5.16 Å². The molecule has 9 heteroatoms. The monoisotopic (exact) mass is 422 g/mol. The molecular weight excluding hydrogens is 403 g/mol. The van der Waals surface area contributed by atoms with Crippen molar-refractivity contribution in [3.63, 3.8) is 0 Å². The lowest BCUT2D eigenvalue weighted by molar-refractivity contribution is 0.387. The summed E-state index contributed by atoms with van der Waals surface area (Å²) in [7, 11) is 0. The summed E-state index contributed by atoms with van der Waals surface area (Å²) in [4.78, 5) is 12.9. The Morgan fingerprint density at radius 1 is 1.33 bits per heavy atom. The first-order valence-corrected chi connectivity index (χ1v) is 7.27. The zero-order chi connectivity index (χ0) is 14.4. The molecule has 116 valence electrons. The average molecular weight is 422 g/mol. The van der Waals surface area contributed by atoms with Gasteiger partial charge in [0.2, 0.25) is 5.89 Å². The van der Waals surface area contributed by atoms with Crippen LogP contribution in [0.2, 0.25) is 0 Å². The Morgan fingerprint density at radius 2 is 2.14 bits per heavy atom. The molecule has 0 saturated carbocycles. The maximum absolute atomic E-state index is 4.91. The number of rotatable bonds is 5. The standard InChI is InChI=1S/C12H18N6OS.HI/c1-4-13-12(14-5-10-17-9(3)19-18-10)15-6-11-16-8(2)7-20-11;/h7H,4-6H2,1-3H3,(H2,13,14,15);1H. The van der Waals surface area contributed by atoms with Crippen molar-refractivity contribution >= 4 is 41.3 Å². The van der Waals surface area contributed by atoms with Crippen molar-refractivity contribution in [3.8, 4) is 0 Å². The van der Waals surface area contributed by atoms with E-state index in [4.69, 9.17) is 4.52 Å². The summed E-state index contributed by atoms with van der Waals surface area (Å²) in [5, 5.41) is 13.3. The summed E-state index contributed by atoms with van der Waals surface area (Å²) in [6.45, 7) is 7.57. The van der Waals surface area contributed by atoms with Crippen LogP contribution in [0.5, 0.6) is 0 Å². The Morgan fingerprint density at radius 3 is 2.71 bits per heavy atom. The molecule has 0 saturated heterocycles. The topological polar surface area (TPSA) is 88.2 Å². The van der Waals surface area contributed by atoms with Crippen LogP contribution in [0.3, 0.4) is 0 Å². The number of aliphatic imine (C=N–C) groups is 1. The van der Waals surface area contributed by atoms with E-state index in [1.165, 1.54) is 0 Å². The highest BCUT2D eigenvalue weighted by Gasteiger charge is 2.04. The van der Waals surface area contributed by atoms with E-state index in [1.54, 1.807) is 18.3 Å². The lowest BCUT2D eigenvalue weighted by Crippen LogP contribution is -2.36. The SMILES string of the molecule is CCNC(=NCc1noc(C)n1)NCc1nc(C)cs1.I. The summed E-state index contributed by atoms with van der Waals surface area (Å²) in [6, 6.07) is 0. The Balaban J connectivity index is 0.00000220. The number of hydrogen-bond acceptors (Lipinski definition) is 6. The third-order valence-electron chi connectivity index (χ3n) is 2.37. The van der Waals surface area contributed by atoms with Crippen LogP contribution in [-0.2, 0) is 13.1 Å². The van der Waals surface area contributed by atoms with Gasteiger partial charge in [0.05, 0.1) is 6.54 Å². The molecule has 0 bridgehead atoms. The highest BCUT2D eigenvalue weighted by Crippen LogP contribution is 2.07. The number of guanidine groups is 1. The first kappa shape index (κ1) is 17.8. The van der Waals surface area contributed by atoms with Crippen LogP contribution >= 0.6 is 35.3 Å². The third kappa shape index (κ3) is 5.96. The molecule has 0 radical (unpaired) electrons. The minimum Gasteiger partial charge on any atom is -0.357 e. The maximum Gasteiger partial charge on any atom is 0.223 e. The minimum absolute atomic E-state index is 0.